The molecule has 0 aromatic carbocycles. The molecule has 0 saturated heterocycles. The summed E-state index contributed by atoms with van der Waals surface area (Å²) in [5.41, 5.74) is 5.08. The van der Waals surface area contributed by atoms with Crippen molar-refractivity contribution in [3.8, 4) is 0 Å². The predicted molar refractivity (Wildman–Crippen MR) is 78.6 cm³/mol. The van der Waals surface area contributed by atoms with Gasteiger partial charge in [-0.05, 0) is 50.2 Å². The van der Waals surface area contributed by atoms with E-state index >= 15 is 0 Å². The minimum absolute atomic E-state index is 0.695. The summed E-state index contributed by atoms with van der Waals surface area (Å²) in [6, 6.07) is 0. The maximum atomic E-state index is 4.18. The second kappa shape index (κ2) is 4.69. The third kappa shape index (κ3) is 2.47. The van der Waals surface area contributed by atoms with Gasteiger partial charge in [0, 0.05) is 16.1 Å². The van der Waals surface area contributed by atoms with Crippen LogP contribution in [0.1, 0.15) is 42.2 Å². The number of thiophene rings is 1. The molecular weight excluding hydrogens is 226 g/mol. The van der Waals surface area contributed by atoms with E-state index in [0.29, 0.717) is 5.92 Å². The van der Waals surface area contributed by atoms with Crippen LogP contribution in [0.2, 0.25) is 0 Å². The van der Waals surface area contributed by atoms with Crippen LogP contribution in [0.5, 0.6) is 0 Å². The zero-order chi connectivity index (χ0) is 12.6. The molecule has 1 nitrogen and oxygen atoms in total. The van der Waals surface area contributed by atoms with Gasteiger partial charge in [-0.1, -0.05) is 20.1 Å². The van der Waals surface area contributed by atoms with Gasteiger partial charge in [-0.2, -0.15) is 0 Å². The van der Waals surface area contributed by atoms with Crippen molar-refractivity contribution in [1.29, 1.82) is 0 Å². The zero-order valence-corrected chi connectivity index (χ0v) is 11.8. The van der Waals surface area contributed by atoms with Crippen molar-refractivity contribution in [3.05, 3.63) is 34.9 Å². The largest absolute Gasteiger partial charge is 0.350 e. The molecule has 0 atom stereocenters. The number of rotatable bonds is 5. The lowest BCUT2D eigenvalue weighted by Gasteiger charge is -2.11. The number of hydrogen-bond acceptors (Lipinski definition) is 2. The molecular formula is C15H21NS. The quantitative estimate of drug-likeness (QED) is 0.761. The Morgan fingerprint density at radius 3 is 2.53 bits per heavy atom. The highest BCUT2D eigenvalue weighted by Gasteiger charge is 2.26. The third-order valence-corrected chi connectivity index (χ3v) is 4.63. The van der Waals surface area contributed by atoms with Gasteiger partial charge in [0.2, 0.25) is 0 Å². The average Bonchev–Trinajstić information content (AvgIpc) is 3.08. The summed E-state index contributed by atoms with van der Waals surface area (Å²) in [6.07, 6.45) is 3.58. The Balaban J connectivity index is 2.28. The molecule has 0 bridgehead atoms. The molecule has 1 aliphatic carbocycles. The lowest BCUT2D eigenvalue weighted by atomic mass is 10.0. The van der Waals surface area contributed by atoms with E-state index in [1.54, 1.807) is 0 Å². The van der Waals surface area contributed by atoms with E-state index in [-0.39, 0.29) is 0 Å². The Morgan fingerprint density at radius 2 is 2.00 bits per heavy atom. The van der Waals surface area contributed by atoms with E-state index in [0.717, 1.165) is 6.42 Å². The molecule has 0 aliphatic heterocycles. The van der Waals surface area contributed by atoms with Crippen molar-refractivity contribution in [2.75, 3.05) is 5.32 Å². The van der Waals surface area contributed by atoms with Gasteiger partial charge in [0.25, 0.3) is 0 Å². The first-order chi connectivity index (χ1) is 8.04. The lowest BCUT2D eigenvalue weighted by molar-refractivity contribution is 1.02. The molecule has 0 unspecified atom stereocenters. The third-order valence-electron chi connectivity index (χ3n) is 3.51. The zero-order valence-electron chi connectivity index (χ0n) is 11.0. The van der Waals surface area contributed by atoms with Gasteiger partial charge in [0.15, 0.2) is 0 Å². The minimum Gasteiger partial charge on any atom is -0.350 e. The van der Waals surface area contributed by atoms with Gasteiger partial charge in [-0.25, -0.2) is 0 Å². The molecule has 2 heteroatoms. The summed E-state index contributed by atoms with van der Waals surface area (Å²) in [7, 11) is 0. The highest BCUT2D eigenvalue weighted by molar-refractivity contribution is 7.16. The van der Waals surface area contributed by atoms with Crippen molar-refractivity contribution in [2.24, 2.45) is 5.92 Å². The summed E-state index contributed by atoms with van der Waals surface area (Å²) >= 11 is 1.83. The number of allylic oxidation sites excluding steroid dienone is 2. The van der Waals surface area contributed by atoms with Crippen molar-refractivity contribution in [2.45, 2.75) is 40.0 Å². The highest BCUT2D eigenvalue weighted by Crippen LogP contribution is 2.41. The fourth-order valence-electron chi connectivity index (χ4n) is 2.00. The summed E-state index contributed by atoms with van der Waals surface area (Å²) in [5.74, 6) is 0.695. The Kier molecular flexibility index (Phi) is 3.43. The van der Waals surface area contributed by atoms with Crippen molar-refractivity contribution in [1.82, 2.24) is 0 Å². The second-order valence-electron chi connectivity index (χ2n) is 4.87. The first-order valence-corrected chi connectivity index (χ1v) is 7.10. The van der Waals surface area contributed by atoms with Gasteiger partial charge in [-0.3, -0.25) is 0 Å². The smallest absolute Gasteiger partial charge is 0.101 e. The second-order valence-corrected chi connectivity index (χ2v) is 6.09. The summed E-state index contributed by atoms with van der Waals surface area (Å²) in [6.45, 7) is 14.9. The highest BCUT2D eigenvalue weighted by atomic mass is 32.1. The van der Waals surface area contributed by atoms with Crippen LogP contribution in [0, 0.1) is 19.8 Å². The average molecular weight is 247 g/mol. The normalized spacial score (nSPS) is 14.8. The maximum absolute atomic E-state index is 4.18. The van der Waals surface area contributed by atoms with E-state index in [1.807, 2.05) is 11.3 Å². The molecule has 1 aliphatic rings. The van der Waals surface area contributed by atoms with E-state index < -0.39 is 0 Å². The molecule has 1 N–H and O–H groups in total. The van der Waals surface area contributed by atoms with E-state index in [1.165, 1.54) is 45.1 Å². The molecule has 1 heterocycles. The van der Waals surface area contributed by atoms with Crippen LogP contribution in [-0.4, -0.2) is 0 Å². The number of hydrogen-bond donors (Lipinski definition) is 1. The van der Waals surface area contributed by atoms with E-state index in [2.05, 4.69) is 39.2 Å². The Labute approximate surface area is 108 Å². The van der Waals surface area contributed by atoms with Crippen molar-refractivity contribution >= 4 is 21.9 Å². The molecule has 0 radical (unpaired) electrons. The predicted octanol–water partition coefficient (Wildman–Crippen LogP) is 5.12. The van der Waals surface area contributed by atoms with Gasteiger partial charge in [-0.15, -0.1) is 11.3 Å². The fourth-order valence-corrected chi connectivity index (χ4v) is 3.14. The van der Waals surface area contributed by atoms with E-state index in [4.69, 9.17) is 0 Å². The van der Waals surface area contributed by atoms with Gasteiger partial charge < -0.3 is 5.32 Å². The Bertz CT molecular complexity index is 464. The maximum Gasteiger partial charge on any atom is 0.101 e. The van der Waals surface area contributed by atoms with Crippen LogP contribution in [-0.2, 0) is 0 Å². The number of nitrogens with one attached hydrogen (secondary N) is 1. The summed E-state index contributed by atoms with van der Waals surface area (Å²) < 4.78 is 0. The van der Waals surface area contributed by atoms with E-state index in [9.17, 15) is 0 Å². The molecule has 1 aromatic heterocycles. The van der Waals surface area contributed by atoms with Crippen molar-refractivity contribution in [3.63, 3.8) is 0 Å². The molecule has 0 spiro atoms. The van der Waals surface area contributed by atoms with Crippen LogP contribution in [0.25, 0.3) is 5.57 Å². The molecule has 1 fully saturated rings. The van der Waals surface area contributed by atoms with Gasteiger partial charge in [0.1, 0.15) is 5.00 Å². The minimum atomic E-state index is 0.695. The van der Waals surface area contributed by atoms with Crippen LogP contribution >= 0.6 is 11.3 Å². The van der Waals surface area contributed by atoms with Crippen LogP contribution in [0.3, 0.4) is 0 Å². The summed E-state index contributed by atoms with van der Waals surface area (Å²) in [5, 5.41) is 4.75. The van der Waals surface area contributed by atoms with Gasteiger partial charge in [0.05, 0.1) is 0 Å². The number of anilines is 1. The van der Waals surface area contributed by atoms with Crippen molar-refractivity contribution < 1.29 is 0 Å². The number of aryl methyl sites for hydroxylation is 1. The first kappa shape index (κ1) is 12.4. The lowest BCUT2D eigenvalue weighted by Crippen LogP contribution is -2.00. The topological polar surface area (TPSA) is 12.0 Å². The summed E-state index contributed by atoms with van der Waals surface area (Å²) in [4.78, 5) is 1.38. The molecule has 1 aromatic rings. The fraction of sp³-hybridized carbons (Fsp3) is 0.467. The molecule has 1 saturated carbocycles. The standard InChI is InChI=1S/C15H21NS/c1-6-9(2)14-10(3)12(5)17-15(14)16-11(4)13-7-8-13/h13,16H,2,4,6-8H2,1,3,5H3. The molecule has 92 valence electrons. The SMILES string of the molecule is C=C(CC)c1c(NC(=C)C2CC2)sc(C)c1C. The molecule has 2 rings (SSSR count). The first-order valence-electron chi connectivity index (χ1n) is 6.28. The Morgan fingerprint density at radius 1 is 1.35 bits per heavy atom. The monoisotopic (exact) mass is 247 g/mol. The van der Waals surface area contributed by atoms with Gasteiger partial charge >= 0.3 is 0 Å². The molecule has 17 heavy (non-hydrogen) atoms. The molecule has 0 amide bonds. The van der Waals surface area contributed by atoms with Crippen LogP contribution in [0.4, 0.5) is 5.00 Å². The van der Waals surface area contributed by atoms with Crippen LogP contribution in [0.15, 0.2) is 18.9 Å². The van der Waals surface area contributed by atoms with Crippen LogP contribution < -0.4 is 5.32 Å². The Hall–Kier alpha value is -1.02.